The summed E-state index contributed by atoms with van der Waals surface area (Å²) >= 11 is 6.70. The van der Waals surface area contributed by atoms with Crippen molar-refractivity contribution in [3.8, 4) is 0 Å². The van der Waals surface area contributed by atoms with Crippen molar-refractivity contribution in [3.63, 3.8) is 0 Å². The van der Waals surface area contributed by atoms with Gasteiger partial charge >= 0.3 is 0 Å². The van der Waals surface area contributed by atoms with Crippen LogP contribution in [-0.2, 0) is 10.0 Å². The summed E-state index contributed by atoms with van der Waals surface area (Å²) in [5.74, 6) is 0. The molecule has 0 saturated carbocycles. The minimum Gasteiger partial charge on any atom is -0.393 e. The topological polar surface area (TPSA) is 70.5 Å². The summed E-state index contributed by atoms with van der Waals surface area (Å²) < 4.78 is 26.4. The maximum absolute atomic E-state index is 12.3. The smallest absolute Gasteiger partial charge is 0.254 e. The molecule has 0 unspecified atom stereocenters. The summed E-state index contributed by atoms with van der Waals surface area (Å²) in [6, 6.07) is 0. The van der Waals surface area contributed by atoms with E-state index in [1.165, 1.54) is 4.31 Å². The molecule has 1 aromatic heterocycles. The van der Waals surface area contributed by atoms with Crippen molar-refractivity contribution in [2.24, 2.45) is 0 Å². The third-order valence-corrected chi connectivity index (χ3v) is 6.47. The highest BCUT2D eigenvalue weighted by Crippen LogP contribution is 2.30. The Kier molecular flexibility index (Phi) is 3.74. The van der Waals surface area contributed by atoms with Crippen LogP contribution in [0.3, 0.4) is 0 Å². The van der Waals surface area contributed by atoms with E-state index >= 15 is 0 Å². The molecule has 0 bridgehead atoms. The zero-order valence-corrected chi connectivity index (χ0v) is 11.6. The van der Waals surface area contributed by atoms with Gasteiger partial charge in [0, 0.05) is 13.1 Å². The van der Waals surface area contributed by atoms with Crippen molar-refractivity contribution in [1.29, 1.82) is 0 Å². The molecule has 1 N–H and O–H groups in total. The Morgan fingerprint density at radius 2 is 2.06 bits per heavy atom. The molecule has 96 valence electrons. The van der Waals surface area contributed by atoms with Crippen LogP contribution in [0.2, 0.25) is 4.47 Å². The molecule has 17 heavy (non-hydrogen) atoms. The van der Waals surface area contributed by atoms with Gasteiger partial charge in [0.05, 0.1) is 11.8 Å². The van der Waals surface area contributed by atoms with Crippen LogP contribution in [0.1, 0.15) is 18.5 Å². The number of hydrogen-bond acceptors (Lipinski definition) is 5. The van der Waals surface area contributed by atoms with Crippen LogP contribution in [0.5, 0.6) is 0 Å². The molecular formula is C9H13ClN2O3S2. The largest absolute Gasteiger partial charge is 0.393 e. The molecule has 1 fully saturated rings. The lowest BCUT2D eigenvalue weighted by atomic mass is 10.1. The minimum absolute atomic E-state index is 0.207. The molecule has 1 saturated heterocycles. The predicted molar refractivity (Wildman–Crippen MR) is 65.9 cm³/mol. The van der Waals surface area contributed by atoms with Crippen LogP contribution in [0.4, 0.5) is 0 Å². The lowest BCUT2D eigenvalue weighted by Crippen LogP contribution is -2.39. The van der Waals surface area contributed by atoms with E-state index in [2.05, 4.69) is 4.98 Å². The van der Waals surface area contributed by atoms with E-state index in [4.69, 9.17) is 11.6 Å². The third kappa shape index (κ3) is 2.63. The Labute approximate surface area is 109 Å². The van der Waals surface area contributed by atoms with Gasteiger partial charge in [-0.05, 0) is 19.8 Å². The second-order valence-corrected chi connectivity index (χ2v) is 7.69. The number of hydrogen-bond donors (Lipinski definition) is 1. The summed E-state index contributed by atoms with van der Waals surface area (Å²) in [4.78, 5) is 3.92. The Hall–Kier alpha value is -0.210. The van der Waals surface area contributed by atoms with E-state index < -0.39 is 16.1 Å². The first kappa shape index (κ1) is 13.2. The highest BCUT2D eigenvalue weighted by atomic mass is 35.5. The SMILES string of the molecule is Cc1nc(Cl)sc1S(=O)(=O)N1CCC(O)CC1. The molecule has 0 aliphatic carbocycles. The Morgan fingerprint density at radius 3 is 2.53 bits per heavy atom. The first-order valence-electron chi connectivity index (χ1n) is 5.22. The van der Waals surface area contributed by atoms with Crippen LogP contribution in [0.15, 0.2) is 4.21 Å². The van der Waals surface area contributed by atoms with E-state index in [1.807, 2.05) is 0 Å². The number of aryl methyl sites for hydroxylation is 1. The van der Waals surface area contributed by atoms with Crippen LogP contribution >= 0.6 is 22.9 Å². The Balaban J connectivity index is 2.28. The van der Waals surface area contributed by atoms with Crippen LogP contribution in [0.25, 0.3) is 0 Å². The number of rotatable bonds is 2. The van der Waals surface area contributed by atoms with Crippen molar-refractivity contribution in [2.75, 3.05) is 13.1 Å². The van der Waals surface area contributed by atoms with Gasteiger partial charge < -0.3 is 5.11 Å². The van der Waals surface area contributed by atoms with Crippen molar-refractivity contribution < 1.29 is 13.5 Å². The van der Waals surface area contributed by atoms with E-state index in [0.717, 1.165) is 11.3 Å². The van der Waals surface area contributed by atoms with Gasteiger partial charge in [0.15, 0.2) is 8.68 Å². The molecule has 0 amide bonds. The van der Waals surface area contributed by atoms with Crippen molar-refractivity contribution in [1.82, 2.24) is 9.29 Å². The fourth-order valence-electron chi connectivity index (χ4n) is 1.79. The zero-order chi connectivity index (χ0) is 12.6. The number of aliphatic hydroxyl groups is 1. The number of thiazole rings is 1. The number of aliphatic hydroxyl groups excluding tert-OH is 1. The standard InChI is InChI=1S/C9H13ClN2O3S2/c1-6-8(16-9(10)11-6)17(14,15)12-4-2-7(13)3-5-12/h7,13H,2-5H2,1H3. The molecule has 0 radical (unpaired) electrons. The van der Waals surface area contributed by atoms with Gasteiger partial charge in [0.1, 0.15) is 0 Å². The fourth-order valence-corrected chi connectivity index (χ4v) is 5.13. The summed E-state index contributed by atoms with van der Waals surface area (Å²) in [7, 11) is -3.50. The molecular weight excluding hydrogens is 284 g/mol. The molecule has 2 heterocycles. The second kappa shape index (κ2) is 4.81. The van der Waals surface area contributed by atoms with Crippen LogP contribution < -0.4 is 0 Å². The summed E-state index contributed by atoms with van der Waals surface area (Å²) in [5, 5.41) is 9.37. The Bertz CT molecular complexity index is 506. The monoisotopic (exact) mass is 296 g/mol. The van der Waals surface area contributed by atoms with Gasteiger partial charge in [0.25, 0.3) is 10.0 Å². The van der Waals surface area contributed by atoms with Crippen molar-refractivity contribution >= 4 is 33.0 Å². The summed E-state index contributed by atoms with van der Waals surface area (Å²) in [6.45, 7) is 2.32. The van der Waals surface area contributed by atoms with Crippen LogP contribution in [0, 0.1) is 6.92 Å². The molecule has 1 aromatic rings. The van der Waals surface area contributed by atoms with E-state index in [1.54, 1.807) is 6.92 Å². The lowest BCUT2D eigenvalue weighted by molar-refractivity contribution is 0.113. The van der Waals surface area contributed by atoms with Gasteiger partial charge in [-0.15, -0.1) is 0 Å². The number of nitrogens with zero attached hydrogens (tertiary/aromatic N) is 2. The third-order valence-electron chi connectivity index (χ3n) is 2.73. The van der Waals surface area contributed by atoms with Crippen molar-refractivity contribution in [2.45, 2.75) is 30.1 Å². The first-order valence-corrected chi connectivity index (χ1v) is 7.86. The maximum atomic E-state index is 12.3. The summed E-state index contributed by atoms with van der Waals surface area (Å²) in [5.41, 5.74) is 0.436. The molecule has 0 aromatic carbocycles. The van der Waals surface area contributed by atoms with Crippen molar-refractivity contribution in [3.05, 3.63) is 10.2 Å². The van der Waals surface area contributed by atoms with E-state index in [9.17, 15) is 13.5 Å². The average Bonchev–Trinajstić information content (AvgIpc) is 2.59. The van der Waals surface area contributed by atoms with Gasteiger partial charge in [-0.3, -0.25) is 0 Å². The maximum Gasteiger partial charge on any atom is 0.254 e. The lowest BCUT2D eigenvalue weighted by Gasteiger charge is -2.28. The number of halogens is 1. The normalized spacial score (nSPS) is 19.7. The van der Waals surface area contributed by atoms with Gasteiger partial charge in [-0.2, -0.15) is 4.31 Å². The van der Waals surface area contributed by atoms with Gasteiger partial charge in [0.2, 0.25) is 0 Å². The van der Waals surface area contributed by atoms with Gasteiger partial charge in [-0.25, -0.2) is 13.4 Å². The molecule has 2 rings (SSSR count). The van der Waals surface area contributed by atoms with Gasteiger partial charge in [-0.1, -0.05) is 22.9 Å². The molecule has 0 atom stereocenters. The molecule has 1 aliphatic rings. The molecule has 1 aliphatic heterocycles. The number of aromatic nitrogens is 1. The molecule has 5 nitrogen and oxygen atoms in total. The molecule has 8 heteroatoms. The van der Waals surface area contributed by atoms with E-state index in [0.29, 0.717) is 31.6 Å². The average molecular weight is 297 g/mol. The highest BCUT2D eigenvalue weighted by molar-refractivity contribution is 7.91. The quantitative estimate of drug-likeness (QED) is 0.892. The first-order chi connectivity index (χ1) is 7.91. The second-order valence-electron chi connectivity index (χ2n) is 3.97. The minimum atomic E-state index is -3.50. The summed E-state index contributed by atoms with van der Waals surface area (Å²) in [6.07, 6.45) is 0.558. The zero-order valence-electron chi connectivity index (χ0n) is 9.26. The number of sulfonamides is 1. The molecule has 0 spiro atoms. The Morgan fingerprint density at radius 1 is 1.47 bits per heavy atom. The van der Waals surface area contributed by atoms with E-state index in [-0.39, 0.29) is 8.68 Å². The predicted octanol–water partition coefficient (Wildman–Crippen LogP) is 1.25. The highest BCUT2D eigenvalue weighted by Gasteiger charge is 2.31. The van der Waals surface area contributed by atoms with Crippen LogP contribution in [-0.4, -0.2) is 42.0 Å². The fraction of sp³-hybridized carbons (Fsp3) is 0.667. The number of piperidine rings is 1.